The van der Waals surface area contributed by atoms with Gasteiger partial charge in [-0.1, -0.05) is 41.9 Å². The van der Waals surface area contributed by atoms with Gasteiger partial charge in [-0.05, 0) is 24.6 Å². The van der Waals surface area contributed by atoms with E-state index in [1.807, 2.05) is 11.0 Å². The summed E-state index contributed by atoms with van der Waals surface area (Å²) in [5.74, 6) is 0.0542. The molecule has 2 aliphatic heterocycles. The van der Waals surface area contributed by atoms with Gasteiger partial charge in [-0.2, -0.15) is 0 Å². The third-order valence-corrected chi connectivity index (χ3v) is 5.84. The van der Waals surface area contributed by atoms with Gasteiger partial charge in [0, 0.05) is 23.6 Å². The van der Waals surface area contributed by atoms with Crippen LogP contribution in [0.4, 0.5) is 5.69 Å². The number of anilines is 1. The van der Waals surface area contributed by atoms with Gasteiger partial charge in [0.05, 0.1) is 37.4 Å². The molecule has 0 atom stereocenters. The van der Waals surface area contributed by atoms with Crippen LogP contribution in [-0.4, -0.2) is 49.4 Å². The molecular formula is C22H25ClN3O2+. The summed E-state index contributed by atoms with van der Waals surface area (Å²) in [5, 5.41) is 0.545. The molecule has 2 aromatic carbocycles. The Kier molecular flexibility index (Phi) is 5.64. The van der Waals surface area contributed by atoms with Crippen molar-refractivity contribution in [1.82, 2.24) is 4.90 Å². The standard InChI is InChI=1S/C22H24ClN3O2/c23-18-8-9-19(20(15-18)26-10-4-7-21(26)27)22(28)25-13-11-24(12-14-25)16-17-5-2-1-3-6-17/h1-3,5-6,8-9,15H,4,7,10-14,16H2/p+1. The molecule has 0 aliphatic carbocycles. The van der Waals surface area contributed by atoms with Gasteiger partial charge in [-0.3, -0.25) is 9.59 Å². The van der Waals surface area contributed by atoms with Gasteiger partial charge in [0.2, 0.25) is 5.91 Å². The van der Waals surface area contributed by atoms with Crippen LogP contribution in [0.3, 0.4) is 0 Å². The SMILES string of the molecule is O=C(c1ccc(Cl)cc1N1CCCC1=O)N1CC[NH+](Cc2ccccc2)CC1. The highest BCUT2D eigenvalue weighted by Gasteiger charge is 2.30. The highest BCUT2D eigenvalue weighted by molar-refractivity contribution is 6.31. The van der Waals surface area contributed by atoms with E-state index in [9.17, 15) is 9.59 Å². The molecule has 2 saturated heterocycles. The maximum absolute atomic E-state index is 13.2. The molecule has 5 nitrogen and oxygen atoms in total. The van der Waals surface area contributed by atoms with Crippen molar-refractivity contribution in [1.29, 1.82) is 0 Å². The predicted octanol–water partition coefficient (Wildman–Crippen LogP) is 2.01. The Morgan fingerprint density at radius 3 is 2.46 bits per heavy atom. The van der Waals surface area contributed by atoms with E-state index >= 15 is 0 Å². The van der Waals surface area contributed by atoms with Crippen LogP contribution in [0.1, 0.15) is 28.8 Å². The fourth-order valence-electron chi connectivity index (χ4n) is 4.07. The van der Waals surface area contributed by atoms with Crippen LogP contribution in [0.15, 0.2) is 48.5 Å². The van der Waals surface area contributed by atoms with Crippen LogP contribution in [0.2, 0.25) is 5.02 Å². The molecule has 2 fully saturated rings. The highest BCUT2D eigenvalue weighted by atomic mass is 35.5. The van der Waals surface area contributed by atoms with E-state index in [4.69, 9.17) is 11.6 Å². The number of piperazine rings is 1. The Hall–Kier alpha value is -2.37. The van der Waals surface area contributed by atoms with Gasteiger partial charge in [-0.15, -0.1) is 0 Å². The second-order valence-electron chi connectivity index (χ2n) is 7.51. The first-order chi connectivity index (χ1) is 13.6. The number of halogens is 1. The van der Waals surface area contributed by atoms with Crippen LogP contribution in [0.5, 0.6) is 0 Å². The van der Waals surface area contributed by atoms with E-state index in [2.05, 4.69) is 24.3 Å². The molecule has 0 spiro atoms. The predicted molar refractivity (Wildman–Crippen MR) is 110 cm³/mol. The second-order valence-corrected chi connectivity index (χ2v) is 7.95. The normalized spacial score (nSPS) is 18.0. The molecule has 0 aromatic heterocycles. The van der Waals surface area contributed by atoms with Crippen molar-refractivity contribution in [2.24, 2.45) is 0 Å². The average molecular weight is 399 g/mol. The number of nitrogens with zero attached hydrogens (tertiary/aromatic N) is 2. The molecule has 1 N–H and O–H groups in total. The van der Waals surface area contributed by atoms with Crippen molar-refractivity contribution in [3.8, 4) is 0 Å². The highest BCUT2D eigenvalue weighted by Crippen LogP contribution is 2.29. The summed E-state index contributed by atoms with van der Waals surface area (Å²) in [4.78, 5) is 30.5. The summed E-state index contributed by atoms with van der Waals surface area (Å²) in [6, 6.07) is 15.7. The fraction of sp³-hybridized carbons (Fsp3) is 0.364. The molecule has 2 heterocycles. The molecule has 6 heteroatoms. The number of amides is 2. The minimum absolute atomic E-state index is 0.00914. The lowest BCUT2D eigenvalue weighted by atomic mass is 10.1. The van der Waals surface area contributed by atoms with Gasteiger partial charge in [0.15, 0.2) is 0 Å². The molecule has 28 heavy (non-hydrogen) atoms. The lowest BCUT2D eigenvalue weighted by Crippen LogP contribution is -3.13. The van der Waals surface area contributed by atoms with E-state index in [1.54, 1.807) is 23.1 Å². The summed E-state index contributed by atoms with van der Waals surface area (Å²) >= 11 is 6.16. The molecule has 2 aliphatic rings. The van der Waals surface area contributed by atoms with Crippen molar-refractivity contribution in [3.05, 3.63) is 64.7 Å². The van der Waals surface area contributed by atoms with Crippen LogP contribution in [0.25, 0.3) is 0 Å². The lowest BCUT2D eigenvalue weighted by molar-refractivity contribution is -0.917. The third kappa shape index (κ3) is 4.05. The first-order valence-electron chi connectivity index (χ1n) is 9.88. The monoisotopic (exact) mass is 398 g/mol. The number of hydrogen-bond donors (Lipinski definition) is 1. The van der Waals surface area contributed by atoms with E-state index in [-0.39, 0.29) is 11.8 Å². The minimum atomic E-state index is -0.00914. The van der Waals surface area contributed by atoms with Crippen molar-refractivity contribution in [3.63, 3.8) is 0 Å². The minimum Gasteiger partial charge on any atom is -0.328 e. The Bertz CT molecular complexity index is 863. The number of quaternary nitrogens is 1. The zero-order valence-electron chi connectivity index (χ0n) is 15.9. The van der Waals surface area contributed by atoms with Crippen LogP contribution < -0.4 is 9.80 Å². The van der Waals surface area contributed by atoms with Gasteiger partial charge >= 0.3 is 0 Å². The quantitative estimate of drug-likeness (QED) is 0.856. The number of carbonyl (C=O) groups is 2. The molecule has 0 unspecified atom stereocenters. The summed E-state index contributed by atoms with van der Waals surface area (Å²) in [5.41, 5.74) is 2.55. The molecule has 4 rings (SSSR count). The van der Waals surface area contributed by atoms with Gasteiger partial charge < -0.3 is 14.7 Å². The van der Waals surface area contributed by atoms with Gasteiger partial charge in [0.25, 0.3) is 5.91 Å². The van der Waals surface area contributed by atoms with Crippen molar-refractivity contribution >= 4 is 29.1 Å². The van der Waals surface area contributed by atoms with E-state index < -0.39 is 0 Å². The Morgan fingerprint density at radius 1 is 1.04 bits per heavy atom. The zero-order chi connectivity index (χ0) is 19.5. The van der Waals surface area contributed by atoms with Crippen LogP contribution in [-0.2, 0) is 11.3 Å². The lowest BCUT2D eigenvalue weighted by Gasteiger charge is -2.33. The molecular weight excluding hydrogens is 374 g/mol. The van der Waals surface area contributed by atoms with Crippen molar-refractivity contribution < 1.29 is 14.5 Å². The molecule has 146 valence electrons. The molecule has 0 bridgehead atoms. The average Bonchev–Trinajstić information content (AvgIpc) is 3.14. The fourth-order valence-corrected chi connectivity index (χ4v) is 4.24. The number of nitrogens with one attached hydrogen (secondary N) is 1. The Balaban J connectivity index is 1.45. The number of rotatable bonds is 4. The second kappa shape index (κ2) is 8.33. The number of benzene rings is 2. The van der Waals surface area contributed by atoms with Crippen LogP contribution >= 0.6 is 11.6 Å². The Morgan fingerprint density at radius 2 is 1.79 bits per heavy atom. The van der Waals surface area contributed by atoms with Gasteiger partial charge in [0.1, 0.15) is 6.54 Å². The number of hydrogen-bond acceptors (Lipinski definition) is 2. The van der Waals surface area contributed by atoms with E-state index in [0.717, 1.165) is 39.1 Å². The summed E-state index contributed by atoms with van der Waals surface area (Å²) < 4.78 is 0. The first-order valence-corrected chi connectivity index (χ1v) is 10.3. The molecule has 2 amide bonds. The van der Waals surface area contributed by atoms with Crippen LogP contribution in [0, 0.1) is 0 Å². The maximum atomic E-state index is 13.2. The summed E-state index contributed by atoms with van der Waals surface area (Å²) in [6.07, 6.45) is 1.35. The molecule has 2 aromatic rings. The maximum Gasteiger partial charge on any atom is 0.256 e. The first kappa shape index (κ1) is 19.0. The molecule has 0 radical (unpaired) electrons. The largest absolute Gasteiger partial charge is 0.328 e. The third-order valence-electron chi connectivity index (χ3n) is 5.61. The van der Waals surface area contributed by atoms with E-state index in [1.165, 1.54) is 10.5 Å². The summed E-state index contributed by atoms with van der Waals surface area (Å²) in [6.45, 7) is 4.91. The Labute approximate surface area is 170 Å². The molecule has 0 saturated carbocycles. The topological polar surface area (TPSA) is 45.1 Å². The van der Waals surface area contributed by atoms with Gasteiger partial charge in [-0.25, -0.2) is 0 Å². The number of carbonyl (C=O) groups excluding carboxylic acids is 2. The van der Waals surface area contributed by atoms with E-state index in [0.29, 0.717) is 29.2 Å². The zero-order valence-corrected chi connectivity index (χ0v) is 16.6. The summed E-state index contributed by atoms with van der Waals surface area (Å²) in [7, 11) is 0. The van der Waals surface area contributed by atoms with Crippen molar-refractivity contribution in [2.45, 2.75) is 19.4 Å². The smallest absolute Gasteiger partial charge is 0.256 e. The van der Waals surface area contributed by atoms with Crippen molar-refractivity contribution in [2.75, 3.05) is 37.6 Å².